The van der Waals surface area contributed by atoms with Crippen molar-refractivity contribution in [2.45, 2.75) is 39.5 Å². The molecule has 0 saturated carbocycles. The van der Waals surface area contributed by atoms with Crippen molar-refractivity contribution >= 4 is 23.2 Å². The van der Waals surface area contributed by atoms with Crippen LogP contribution in [0.15, 0.2) is 54.9 Å². The topological polar surface area (TPSA) is 79.4 Å². The number of aryl methyl sites for hydroxylation is 2. The van der Waals surface area contributed by atoms with Crippen molar-refractivity contribution in [1.29, 1.82) is 0 Å². The Morgan fingerprint density at radius 2 is 1.71 bits per heavy atom. The van der Waals surface area contributed by atoms with E-state index in [-0.39, 0.29) is 5.91 Å². The number of benzene rings is 2. The van der Waals surface area contributed by atoms with E-state index in [0.29, 0.717) is 18.1 Å². The van der Waals surface area contributed by atoms with Crippen LogP contribution in [-0.4, -0.2) is 47.0 Å². The van der Waals surface area contributed by atoms with Gasteiger partial charge in [0.25, 0.3) is 5.91 Å². The van der Waals surface area contributed by atoms with Crippen molar-refractivity contribution in [1.82, 2.24) is 14.9 Å². The summed E-state index contributed by atoms with van der Waals surface area (Å²) in [7, 11) is 0. The maximum Gasteiger partial charge on any atom is 0.258 e. The van der Waals surface area contributed by atoms with Crippen LogP contribution in [0.3, 0.4) is 0 Å². The number of aromatic nitrogens is 2. The number of hydrogen-bond donors (Lipinski definition) is 2. The van der Waals surface area contributed by atoms with E-state index in [1.807, 2.05) is 56.3 Å². The van der Waals surface area contributed by atoms with E-state index >= 15 is 0 Å². The van der Waals surface area contributed by atoms with Crippen molar-refractivity contribution in [2.24, 2.45) is 0 Å². The highest BCUT2D eigenvalue weighted by Gasteiger charge is 2.12. The number of piperidine rings is 1. The lowest BCUT2D eigenvalue weighted by Crippen LogP contribution is -2.31. The van der Waals surface area contributed by atoms with Crippen LogP contribution in [0, 0.1) is 13.8 Å². The van der Waals surface area contributed by atoms with Gasteiger partial charge in [-0.2, -0.15) is 0 Å². The molecule has 0 bridgehead atoms. The molecule has 1 amide bonds. The second-order valence-electron chi connectivity index (χ2n) is 8.77. The lowest BCUT2D eigenvalue weighted by atomic mass is 10.1. The third kappa shape index (κ3) is 6.54. The number of rotatable bonds is 9. The summed E-state index contributed by atoms with van der Waals surface area (Å²) in [6.45, 7) is 8.16. The summed E-state index contributed by atoms with van der Waals surface area (Å²) in [5.74, 6) is 1.00. The largest absolute Gasteiger partial charge is 0.493 e. The number of anilines is 3. The summed E-state index contributed by atoms with van der Waals surface area (Å²) in [5.41, 5.74) is 4.09. The Hall–Kier alpha value is -3.45. The minimum atomic E-state index is -0.232. The highest BCUT2D eigenvalue weighted by Crippen LogP contribution is 2.22. The van der Waals surface area contributed by atoms with Crippen LogP contribution in [0.4, 0.5) is 17.3 Å². The highest BCUT2D eigenvalue weighted by atomic mass is 16.5. The van der Waals surface area contributed by atoms with Crippen LogP contribution in [-0.2, 0) is 0 Å². The fraction of sp³-hybridized carbons (Fsp3) is 0.370. The first-order valence-corrected chi connectivity index (χ1v) is 12.0. The molecule has 34 heavy (non-hydrogen) atoms. The summed E-state index contributed by atoms with van der Waals surface area (Å²) < 4.78 is 5.94. The van der Waals surface area contributed by atoms with Crippen LogP contribution in [0.25, 0.3) is 0 Å². The zero-order chi connectivity index (χ0) is 23.8. The molecule has 1 saturated heterocycles. The molecule has 0 unspecified atom stereocenters. The zero-order valence-corrected chi connectivity index (χ0v) is 20.0. The Labute approximate surface area is 201 Å². The molecule has 2 N–H and O–H groups in total. The number of nitrogens with zero attached hydrogens (tertiary/aromatic N) is 3. The Balaban J connectivity index is 1.28. The molecule has 4 rings (SSSR count). The molecular weight excluding hydrogens is 426 g/mol. The maximum atomic E-state index is 12.6. The first kappa shape index (κ1) is 23.7. The summed E-state index contributed by atoms with van der Waals surface area (Å²) >= 11 is 0. The molecule has 0 radical (unpaired) electrons. The SMILES string of the molecule is Cc1cccc(C)c1NC(=O)c1cnc(Nc2cccc(OCCCN3CCCCC3)c2)nc1. The van der Waals surface area contributed by atoms with Gasteiger partial charge in [-0.05, 0) is 69.5 Å². The van der Waals surface area contributed by atoms with Crippen LogP contribution < -0.4 is 15.4 Å². The number of carbonyl (C=O) groups is 1. The van der Waals surface area contributed by atoms with Crippen LogP contribution in [0.1, 0.15) is 47.2 Å². The molecule has 0 aliphatic carbocycles. The summed E-state index contributed by atoms with van der Waals surface area (Å²) in [5, 5.41) is 6.14. The van der Waals surface area contributed by atoms with Gasteiger partial charge in [0.05, 0.1) is 12.2 Å². The van der Waals surface area contributed by atoms with E-state index in [1.165, 1.54) is 44.7 Å². The van der Waals surface area contributed by atoms with Crippen molar-refractivity contribution in [3.05, 3.63) is 71.5 Å². The second-order valence-corrected chi connectivity index (χ2v) is 8.77. The lowest BCUT2D eigenvalue weighted by Gasteiger charge is -2.26. The van der Waals surface area contributed by atoms with Gasteiger partial charge in [-0.25, -0.2) is 9.97 Å². The normalized spacial score (nSPS) is 13.9. The number of nitrogens with one attached hydrogen (secondary N) is 2. The van der Waals surface area contributed by atoms with Gasteiger partial charge < -0.3 is 20.3 Å². The second kappa shape index (κ2) is 11.6. The monoisotopic (exact) mass is 459 g/mol. The fourth-order valence-corrected chi connectivity index (χ4v) is 4.16. The Kier molecular flexibility index (Phi) is 8.09. The molecular formula is C27H33N5O2. The van der Waals surface area contributed by atoms with Gasteiger partial charge in [0.1, 0.15) is 5.75 Å². The van der Waals surface area contributed by atoms with E-state index in [9.17, 15) is 4.79 Å². The Morgan fingerprint density at radius 1 is 1.00 bits per heavy atom. The first-order chi connectivity index (χ1) is 16.6. The standard InChI is InChI=1S/C27H33N5O2/c1-20-9-6-10-21(2)25(20)31-26(33)22-18-28-27(29-19-22)30-23-11-7-12-24(17-23)34-16-8-15-32-13-4-3-5-14-32/h6-7,9-12,17-19H,3-5,8,13-16H2,1-2H3,(H,31,33)(H,28,29,30). The zero-order valence-electron chi connectivity index (χ0n) is 20.0. The molecule has 0 spiro atoms. The number of ether oxygens (including phenoxy) is 1. The van der Waals surface area contributed by atoms with Crippen molar-refractivity contribution in [2.75, 3.05) is 36.9 Å². The number of hydrogen-bond acceptors (Lipinski definition) is 6. The van der Waals surface area contributed by atoms with Crippen molar-refractivity contribution in [3.8, 4) is 5.75 Å². The third-order valence-corrected chi connectivity index (χ3v) is 6.06. The number of likely N-dealkylation sites (tertiary alicyclic amines) is 1. The number of amides is 1. The van der Waals surface area contributed by atoms with E-state index in [2.05, 4.69) is 25.5 Å². The smallest absolute Gasteiger partial charge is 0.258 e. The first-order valence-electron chi connectivity index (χ1n) is 12.0. The average molecular weight is 460 g/mol. The lowest BCUT2D eigenvalue weighted by molar-refractivity contribution is 0.102. The molecule has 1 aliphatic heterocycles. The number of carbonyl (C=O) groups excluding carboxylic acids is 1. The minimum absolute atomic E-state index is 0.232. The molecule has 1 aromatic heterocycles. The molecule has 178 valence electrons. The predicted molar refractivity (Wildman–Crippen MR) is 136 cm³/mol. The van der Waals surface area contributed by atoms with Gasteiger partial charge >= 0.3 is 0 Å². The van der Waals surface area contributed by atoms with Gasteiger partial charge in [-0.15, -0.1) is 0 Å². The summed E-state index contributed by atoms with van der Waals surface area (Å²) in [6, 6.07) is 13.7. The van der Waals surface area contributed by atoms with Crippen molar-refractivity contribution < 1.29 is 9.53 Å². The minimum Gasteiger partial charge on any atom is -0.493 e. The molecule has 3 aromatic rings. The molecule has 7 nitrogen and oxygen atoms in total. The van der Waals surface area contributed by atoms with Crippen LogP contribution in [0.2, 0.25) is 0 Å². The molecule has 2 aromatic carbocycles. The molecule has 7 heteroatoms. The Bertz CT molecular complexity index is 1070. The van der Waals surface area contributed by atoms with E-state index in [0.717, 1.165) is 41.2 Å². The molecule has 1 aliphatic rings. The van der Waals surface area contributed by atoms with Crippen LogP contribution in [0.5, 0.6) is 5.75 Å². The van der Waals surface area contributed by atoms with Crippen LogP contribution >= 0.6 is 0 Å². The average Bonchev–Trinajstić information content (AvgIpc) is 2.85. The molecule has 1 fully saturated rings. The van der Waals surface area contributed by atoms with Gasteiger partial charge in [-0.3, -0.25) is 4.79 Å². The fourth-order valence-electron chi connectivity index (χ4n) is 4.16. The third-order valence-electron chi connectivity index (χ3n) is 6.06. The summed E-state index contributed by atoms with van der Waals surface area (Å²) in [4.78, 5) is 23.8. The van der Waals surface area contributed by atoms with E-state index in [1.54, 1.807) is 0 Å². The number of para-hydroxylation sites is 1. The van der Waals surface area contributed by atoms with E-state index in [4.69, 9.17) is 4.74 Å². The Morgan fingerprint density at radius 3 is 2.44 bits per heavy atom. The molecule has 2 heterocycles. The van der Waals surface area contributed by atoms with Crippen molar-refractivity contribution in [3.63, 3.8) is 0 Å². The molecule has 0 atom stereocenters. The summed E-state index contributed by atoms with van der Waals surface area (Å²) in [6.07, 6.45) is 8.06. The van der Waals surface area contributed by atoms with Gasteiger partial charge in [0.2, 0.25) is 5.95 Å². The van der Waals surface area contributed by atoms with Gasteiger partial charge in [0.15, 0.2) is 0 Å². The van der Waals surface area contributed by atoms with E-state index < -0.39 is 0 Å². The van der Waals surface area contributed by atoms with Gasteiger partial charge in [-0.1, -0.05) is 30.7 Å². The predicted octanol–water partition coefficient (Wildman–Crippen LogP) is 5.34. The van der Waals surface area contributed by atoms with Gasteiger partial charge in [0, 0.05) is 36.4 Å². The highest BCUT2D eigenvalue weighted by molar-refractivity contribution is 6.04. The quantitative estimate of drug-likeness (QED) is 0.420. The maximum absolute atomic E-state index is 12.6.